The van der Waals surface area contributed by atoms with E-state index in [0.717, 1.165) is 19.3 Å². The molecule has 1 aromatic carbocycles. The van der Waals surface area contributed by atoms with Crippen LogP contribution in [0.2, 0.25) is 0 Å². The second-order valence-corrected chi connectivity index (χ2v) is 6.67. The average molecular weight is 309 g/mol. The molecule has 0 saturated heterocycles. The van der Waals surface area contributed by atoms with E-state index in [0.29, 0.717) is 24.4 Å². The van der Waals surface area contributed by atoms with Crippen molar-refractivity contribution in [1.29, 1.82) is 0 Å². The fourth-order valence-electron chi connectivity index (χ4n) is 1.92. The van der Waals surface area contributed by atoms with E-state index in [9.17, 15) is 8.42 Å². The second kappa shape index (κ2) is 7.33. The number of hydrogen-bond donors (Lipinski definition) is 1. The highest BCUT2D eigenvalue weighted by molar-refractivity contribution is 7.90. The van der Waals surface area contributed by atoms with Gasteiger partial charge in [-0.2, -0.15) is 0 Å². The smallest absolute Gasteiger partial charge is 0.335 e. The summed E-state index contributed by atoms with van der Waals surface area (Å²) in [6.07, 6.45) is 3.34. The van der Waals surface area contributed by atoms with Crippen LogP contribution in [0, 0.1) is 0 Å². The third kappa shape index (κ3) is 4.64. The number of aryl methyl sites for hydroxylation is 1. The molecule has 2 aromatic rings. The minimum absolute atomic E-state index is 0.136. The molecule has 0 spiro atoms. The third-order valence-electron chi connectivity index (χ3n) is 3.01. The van der Waals surface area contributed by atoms with Crippen molar-refractivity contribution in [1.82, 2.24) is 10.2 Å². The molecule has 0 saturated carbocycles. The fourth-order valence-corrected chi connectivity index (χ4v) is 3.06. The van der Waals surface area contributed by atoms with Crippen molar-refractivity contribution >= 4 is 9.84 Å². The van der Waals surface area contributed by atoms with Gasteiger partial charge < -0.3 is 10.2 Å². The highest BCUT2D eigenvalue weighted by Gasteiger charge is 2.22. The van der Waals surface area contributed by atoms with E-state index in [4.69, 9.17) is 10.2 Å². The van der Waals surface area contributed by atoms with Crippen LogP contribution in [-0.4, -0.2) is 25.2 Å². The lowest BCUT2D eigenvalue weighted by atomic mass is 10.2. The lowest BCUT2D eigenvalue weighted by Crippen LogP contribution is -2.05. The van der Waals surface area contributed by atoms with Gasteiger partial charge in [-0.15, -0.1) is 5.10 Å². The molecule has 0 amide bonds. The summed E-state index contributed by atoms with van der Waals surface area (Å²) in [5, 5.41) is 7.14. The zero-order valence-corrected chi connectivity index (χ0v) is 12.6. The molecule has 6 nitrogen and oxygen atoms in total. The molecule has 0 aliphatic rings. The highest BCUT2D eigenvalue weighted by atomic mass is 32.2. The molecular formula is C14H19N3O3S. The van der Waals surface area contributed by atoms with E-state index < -0.39 is 9.84 Å². The van der Waals surface area contributed by atoms with Crippen molar-refractivity contribution in [3.8, 4) is 0 Å². The topological polar surface area (TPSA) is 99.1 Å². The van der Waals surface area contributed by atoms with E-state index in [1.54, 1.807) is 24.3 Å². The summed E-state index contributed by atoms with van der Waals surface area (Å²) in [7, 11) is -3.59. The van der Waals surface area contributed by atoms with E-state index in [1.807, 2.05) is 6.07 Å². The molecule has 2 N–H and O–H groups in total. The van der Waals surface area contributed by atoms with Crippen molar-refractivity contribution in [2.45, 2.75) is 36.7 Å². The predicted molar refractivity (Wildman–Crippen MR) is 78.2 cm³/mol. The number of benzene rings is 1. The van der Waals surface area contributed by atoms with E-state index in [1.165, 1.54) is 0 Å². The lowest BCUT2D eigenvalue weighted by molar-refractivity contribution is 0.391. The largest absolute Gasteiger partial charge is 0.413 e. The number of unbranched alkanes of at least 4 members (excludes halogenated alkanes) is 2. The maximum Gasteiger partial charge on any atom is 0.335 e. The molecule has 7 heteroatoms. The zero-order valence-electron chi connectivity index (χ0n) is 11.7. The number of sulfone groups is 1. The Bertz CT molecular complexity index is 653. The van der Waals surface area contributed by atoms with Crippen molar-refractivity contribution in [3.05, 3.63) is 41.8 Å². The molecule has 1 aromatic heterocycles. The van der Waals surface area contributed by atoms with Gasteiger partial charge in [-0.05, 0) is 24.9 Å². The molecule has 2 rings (SSSR count). The average Bonchev–Trinajstić information content (AvgIpc) is 2.94. The molecule has 0 atom stereocenters. The monoisotopic (exact) mass is 309 g/mol. The van der Waals surface area contributed by atoms with Gasteiger partial charge in [0.2, 0.25) is 15.7 Å². The van der Waals surface area contributed by atoms with Gasteiger partial charge in [0.05, 0.1) is 5.75 Å². The minimum Gasteiger partial charge on any atom is -0.413 e. The Morgan fingerprint density at radius 1 is 1.05 bits per heavy atom. The fraction of sp³-hybridized carbons (Fsp3) is 0.429. The highest BCUT2D eigenvalue weighted by Crippen LogP contribution is 2.16. The van der Waals surface area contributed by atoms with Crippen molar-refractivity contribution < 1.29 is 12.8 Å². The van der Waals surface area contributed by atoms with Gasteiger partial charge in [-0.3, -0.25) is 0 Å². The second-order valence-electron chi connectivity index (χ2n) is 4.81. The molecule has 114 valence electrons. The number of nitrogens with two attached hydrogens (primary N) is 1. The van der Waals surface area contributed by atoms with Gasteiger partial charge >= 0.3 is 5.22 Å². The maximum absolute atomic E-state index is 12.2. The van der Waals surface area contributed by atoms with Gasteiger partial charge in [-0.25, -0.2) is 8.42 Å². The summed E-state index contributed by atoms with van der Waals surface area (Å²) in [5.74, 6) is 0.224. The van der Waals surface area contributed by atoms with Crippen LogP contribution in [0.3, 0.4) is 0 Å². The summed E-state index contributed by atoms with van der Waals surface area (Å²) in [6, 6.07) is 8.93. The normalized spacial score (nSPS) is 11.7. The lowest BCUT2D eigenvalue weighted by Gasteiger charge is -1.99. The zero-order chi connectivity index (χ0) is 15.1. The molecule has 1 heterocycles. The Kier molecular flexibility index (Phi) is 5.46. The summed E-state index contributed by atoms with van der Waals surface area (Å²) < 4.78 is 29.6. The number of aromatic nitrogens is 2. The van der Waals surface area contributed by atoms with E-state index in [-0.39, 0.29) is 11.0 Å². The molecule has 0 unspecified atom stereocenters. The van der Waals surface area contributed by atoms with Crippen LogP contribution in [0.25, 0.3) is 0 Å². The van der Waals surface area contributed by atoms with Crippen LogP contribution >= 0.6 is 0 Å². The minimum atomic E-state index is -3.59. The van der Waals surface area contributed by atoms with Crippen LogP contribution in [0.15, 0.2) is 40.0 Å². The Morgan fingerprint density at radius 3 is 2.52 bits per heavy atom. The summed E-state index contributed by atoms with van der Waals surface area (Å²) in [4.78, 5) is 0. The van der Waals surface area contributed by atoms with Gasteiger partial charge in [0, 0.05) is 6.42 Å². The summed E-state index contributed by atoms with van der Waals surface area (Å²) in [6.45, 7) is 0.653. The first kappa shape index (κ1) is 15.7. The Balaban J connectivity index is 1.99. The van der Waals surface area contributed by atoms with Gasteiger partial charge in [-0.1, -0.05) is 41.9 Å². The standard InChI is InChI=1S/C14H19N3O3S/c15-10-6-2-5-9-13-16-17-14(20-13)21(18,19)11-12-7-3-1-4-8-12/h1,3-4,7-8H,2,5-6,9-11,15H2. The first-order valence-electron chi connectivity index (χ1n) is 6.91. The van der Waals surface area contributed by atoms with Crippen molar-refractivity contribution in [3.63, 3.8) is 0 Å². The van der Waals surface area contributed by atoms with E-state index in [2.05, 4.69) is 10.2 Å². The number of hydrogen-bond acceptors (Lipinski definition) is 6. The molecule has 0 radical (unpaired) electrons. The first-order chi connectivity index (χ1) is 10.1. The van der Waals surface area contributed by atoms with Crippen molar-refractivity contribution in [2.75, 3.05) is 6.54 Å². The van der Waals surface area contributed by atoms with Crippen LogP contribution < -0.4 is 5.73 Å². The molecule has 21 heavy (non-hydrogen) atoms. The Hall–Kier alpha value is -1.73. The number of rotatable bonds is 8. The Morgan fingerprint density at radius 2 is 1.81 bits per heavy atom. The van der Waals surface area contributed by atoms with Crippen LogP contribution in [0.5, 0.6) is 0 Å². The van der Waals surface area contributed by atoms with E-state index >= 15 is 0 Å². The number of nitrogens with zero attached hydrogens (tertiary/aromatic N) is 2. The van der Waals surface area contributed by atoms with Gasteiger partial charge in [0.1, 0.15) is 0 Å². The third-order valence-corrected chi connectivity index (χ3v) is 4.42. The molecule has 0 fully saturated rings. The van der Waals surface area contributed by atoms with Crippen molar-refractivity contribution in [2.24, 2.45) is 5.73 Å². The quantitative estimate of drug-likeness (QED) is 0.745. The predicted octanol–water partition coefficient (Wildman–Crippen LogP) is 1.71. The molecule has 0 aliphatic carbocycles. The van der Waals surface area contributed by atoms with Crippen LogP contribution in [0.1, 0.15) is 30.7 Å². The molecule has 0 bridgehead atoms. The molecular weight excluding hydrogens is 290 g/mol. The van der Waals surface area contributed by atoms with Crippen LogP contribution in [0.4, 0.5) is 0 Å². The SMILES string of the molecule is NCCCCCc1nnc(S(=O)(=O)Cc2ccccc2)o1. The Labute approximate surface area is 124 Å². The summed E-state index contributed by atoms with van der Waals surface area (Å²) >= 11 is 0. The van der Waals surface area contributed by atoms with Gasteiger partial charge in [0.25, 0.3) is 0 Å². The molecule has 0 aliphatic heterocycles. The van der Waals surface area contributed by atoms with Crippen LogP contribution in [-0.2, 0) is 22.0 Å². The summed E-state index contributed by atoms with van der Waals surface area (Å²) in [5.41, 5.74) is 6.11. The van der Waals surface area contributed by atoms with Gasteiger partial charge in [0.15, 0.2) is 0 Å². The first-order valence-corrected chi connectivity index (χ1v) is 8.56. The maximum atomic E-state index is 12.2.